The molecule has 0 bridgehead atoms. The summed E-state index contributed by atoms with van der Waals surface area (Å²) in [6.45, 7) is 1.99. The largest absolute Gasteiger partial charge is 0.465 e. The molecule has 0 aliphatic carbocycles. The number of ether oxygens (including phenoxy) is 2. The van der Waals surface area contributed by atoms with Crippen molar-refractivity contribution in [2.24, 2.45) is 10.5 Å². The van der Waals surface area contributed by atoms with Crippen molar-refractivity contribution in [1.82, 2.24) is 5.01 Å². The number of alkyl halides is 6. The van der Waals surface area contributed by atoms with Gasteiger partial charge in [0.2, 0.25) is 0 Å². The number of anilines is 1. The highest BCUT2D eigenvalue weighted by molar-refractivity contribution is 6.43. The van der Waals surface area contributed by atoms with Crippen LogP contribution in [0.5, 0.6) is 0 Å². The lowest BCUT2D eigenvalue weighted by Crippen LogP contribution is -2.49. The van der Waals surface area contributed by atoms with Crippen LogP contribution in [0, 0.1) is 5.41 Å². The first-order valence-corrected chi connectivity index (χ1v) is 11.9. The van der Waals surface area contributed by atoms with Gasteiger partial charge in [-0.25, -0.2) is 19.5 Å². The Morgan fingerprint density at radius 3 is 2.12 bits per heavy atom. The van der Waals surface area contributed by atoms with Gasteiger partial charge in [0.05, 0.1) is 47.8 Å². The van der Waals surface area contributed by atoms with E-state index in [9.17, 15) is 45.5 Å². The molecule has 1 aliphatic rings. The highest BCUT2D eigenvalue weighted by Crippen LogP contribution is 2.39. The normalized spacial score (nSPS) is 17.1. The number of esters is 2. The molecule has 0 spiro atoms. The van der Waals surface area contributed by atoms with Crippen LogP contribution in [0.4, 0.5) is 36.8 Å². The molecule has 9 nitrogen and oxygen atoms in total. The van der Waals surface area contributed by atoms with Crippen LogP contribution in [0.15, 0.2) is 47.6 Å². The number of benzene rings is 2. The number of hydrazone groups is 1. The Balaban J connectivity index is 2.13. The fourth-order valence-corrected chi connectivity index (χ4v) is 4.17. The fourth-order valence-electron chi connectivity index (χ4n) is 3.88. The van der Waals surface area contributed by atoms with Crippen molar-refractivity contribution in [2.75, 3.05) is 25.2 Å². The van der Waals surface area contributed by atoms with Crippen molar-refractivity contribution in [3.8, 4) is 0 Å². The lowest BCUT2D eigenvalue weighted by molar-refractivity contribution is -0.151. The summed E-state index contributed by atoms with van der Waals surface area (Å²) in [5.41, 5.74) is -4.95. The zero-order valence-electron chi connectivity index (χ0n) is 21.4. The highest BCUT2D eigenvalue weighted by atomic mass is 35.5. The van der Waals surface area contributed by atoms with E-state index in [0.717, 1.165) is 31.4 Å². The van der Waals surface area contributed by atoms with Gasteiger partial charge in [0.25, 0.3) is 0 Å². The predicted octanol–water partition coefficient (Wildman–Crippen LogP) is 5.29. The summed E-state index contributed by atoms with van der Waals surface area (Å²) in [5, 5.41) is 3.87. The smallest absolute Gasteiger partial charge is 0.417 e. The summed E-state index contributed by atoms with van der Waals surface area (Å²) in [5.74, 6) is -4.09. The zero-order chi connectivity index (χ0) is 30.9. The first-order valence-electron chi connectivity index (χ1n) is 11.5. The minimum atomic E-state index is -4.80. The van der Waals surface area contributed by atoms with Crippen molar-refractivity contribution in [2.45, 2.75) is 26.2 Å². The van der Waals surface area contributed by atoms with Gasteiger partial charge in [-0.05, 0) is 50.2 Å². The van der Waals surface area contributed by atoms with Crippen molar-refractivity contribution in [1.29, 1.82) is 0 Å². The average Bonchev–Trinajstić information content (AvgIpc) is 3.26. The van der Waals surface area contributed by atoms with Crippen molar-refractivity contribution in [3.05, 3.63) is 64.2 Å². The molecule has 220 valence electrons. The van der Waals surface area contributed by atoms with Gasteiger partial charge in [-0.3, -0.25) is 9.59 Å². The molecule has 0 radical (unpaired) electrons. The van der Waals surface area contributed by atoms with Crippen LogP contribution in [0.1, 0.15) is 30.5 Å². The van der Waals surface area contributed by atoms with Crippen LogP contribution in [-0.2, 0) is 36.2 Å². The number of imide groups is 1. The molecule has 0 fully saturated rings. The van der Waals surface area contributed by atoms with Crippen LogP contribution in [0.2, 0.25) is 5.02 Å². The zero-order valence-corrected chi connectivity index (χ0v) is 22.1. The fraction of sp³-hybridized carbons (Fsp3) is 0.320. The van der Waals surface area contributed by atoms with Gasteiger partial charge >= 0.3 is 36.2 Å². The van der Waals surface area contributed by atoms with Crippen LogP contribution >= 0.6 is 11.6 Å². The van der Waals surface area contributed by atoms with Gasteiger partial charge < -0.3 is 9.47 Å². The van der Waals surface area contributed by atoms with Gasteiger partial charge in [0, 0.05) is 5.56 Å². The summed E-state index contributed by atoms with van der Waals surface area (Å²) < 4.78 is 88.3. The highest BCUT2D eigenvalue weighted by Gasteiger charge is 2.50. The maximum Gasteiger partial charge on any atom is 0.417 e. The molecule has 1 heterocycles. The number of methoxy groups -OCH3 is 1. The van der Waals surface area contributed by atoms with E-state index >= 15 is 0 Å². The number of halogens is 7. The molecule has 0 N–H and O–H groups in total. The van der Waals surface area contributed by atoms with Gasteiger partial charge in [-0.1, -0.05) is 17.7 Å². The molecule has 3 amide bonds. The van der Waals surface area contributed by atoms with E-state index in [1.165, 1.54) is 13.8 Å². The standard InChI is InChI=1S/C25H20ClF6N3O6/c1-4-41-21(38)23(2)12-34(33-18(23)13-5-10-16(17(26)11-13)25(30,31)32)22(39)35(19(36)20(37)40-3)15-8-6-14(7-9-15)24(27,28)29/h5-11H,4,12H2,1-3H3. The number of carbonyl (C=O) groups is 4. The van der Waals surface area contributed by atoms with Crippen molar-refractivity contribution >= 4 is 46.9 Å². The quantitative estimate of drug-likeness (QED) is 0.266. The molecule has 16 heteroatoms. The SMILES string of the molecule is CCOC(=O)C1(C)CN(C(=O)N(C(=O)C(=O)OC)c2ccc(C(F)(F)F)cc2)N=C1c1ccc(C(F)(F)F)c(Cl)c1. The van der Waals surface area contributed by atoms with Gasteiger partial charge in [0.1, 0.15) is 5.41 Å². The molecular formula is C25H20ClF6N3O6. The Morgan fingerprint density at radius 1 is 1.02 bits per heavy atom. The summed E-state index contributed by atoms with van der Waals surface area (Å²) in [7, 11) is 0.827. The first kappa shape index (κ1) is 31.4. The number of carbonyl (C=O) groups excluding carboxylic acids is 4. The molecule has 3 rings (SSSR count). The second-order valence-corrected chi connectivity index (χ2v) is 9.12. The molecule has 1 aliphatic heterocycles. The van der Waals surface area contributed by atoms with Gasteiger partial charge in [0.15, 0.2) is 0 Å². The van der Waals surface area contributed by atoms with E-state index in [1.54, 1.807) is 0 Å². The Bertz CT molecular complexity index is 1410. The molecule has 0 saturated heterocycles. The average molecular weight is 608 g/mol. The second kappa shape index (κ2) is 11.4. The molecule has 0 saturated carbocycles. The summed E-state index contributed by atoms with van der Waals surface area (Å²) >= 11 is 5.84. The van der Waals surface area contributed by atoms with E-state index < -0.39 is 70.0 Å². The van der Waals surface area contributed by atoms with Gasteiger partial charge in [-0.2, -0.15) is 31.4 Å². The molecule has 2 aromatic rings. The van der Waals surface area contributed by atoms with E-state index in [-0.39, 0.29) is 22.8 Å². The lowest BCUT2D eigenvalue weighted by Gasteiger charge is -2.26. The summed E-state index contributed by atoms with van der Waals surface area (Å²) in [4.78, 5) is 51.6. The predicted molar refractivity (Wildman–Crippen MR) is 131 cm³/mol. The number of hydrogen-bond acceptors (Lipinski definition) is 7. The van der Waals surface area contributed by atoms with Crippen molar-refractivity contribution in [3.63, 3.8) is 0 Å². The molecule has 41 heavy (non-hydrogen) atoms. The molecule has 1 atom stereocenters. The van der Waals surface area contributed by atoms with Crippen LogP contribution in [-0.4, -0.2) is 54.9 Å². The minimum absolute atomic E-state index is 0.103. The number of nitrogens with zero attached hydrogens (tertiary/aromatic N) is 3. The second-order valence-electron chi connectivity index (χ2n) is 8.71. The Kier molecular flexibility index (Phi) is 8.72. The third kappa shape index (κ3) is 6.29. The lowest BCUT2D eigenvalue weighted by atomic mass is 9.82. The van der Waals surface area contributed by atoms with E-state index in [0.29, 0.717) is 23.2 Å². The van der Waals surface area contributed by atoms with E-state index in [4.69, 9.17) is 16.3 Å². The third-order valence-corrected chi connectivity index (χ3v) is 6.22. The number of rotatable bonds is 4. The summed E-state index contributed by atoms with van der Waals surface area (Å²) in [6, 6.07) is 3.73. The Hall–Kier alpha value is -4.14. The van der Waals surface area contributed by atoms with Crippen LogP contribution < -0.4 is 4.90 Å². The summed E-state index contributed by atoms with van der Waals surface area (Å²) in [6.07, 6.45) is -9.55. The topological polar surface area (TPSA) is 106 Å². The number of hydrogen-bond donors (Lipinski definition) is 0. The van der Waals surface area contributed by atoms with Gasteiger partial charge in [-0.15, -0.1) is 0 Å². The minimum Gasteiger partial charge on any atom is -0.465 e. The van der Waals surface area contributed by atoms with Crippen LogP contribution in [0.25, 0.3) is 0 Å². The Labute approximate surface area is 233 Å². The molecule has 0 aromatic heterocycles. The van der Waals surface area contributed by atoms with E-state index in [2.05, 4.69) is 9.84 Å². The number of urea groups is 1. The molecular weight excluding hydrogens is 588 g/mol. The molecule has 2 aromatic carbocycles. The maximum absolute atomic E-state index is 13.6. The monoisotopic (exact) mass is 607 g/mol. The Morgan fingerprint density at radius 2 is 1.63 bits per heavy atom. The first-order chi connectivity index (χ1) is 18.9. The van der Waals surface area contributed by atoms with Crippen molar-refractivity contribution < 1.29 is 55.0 Å². The number of amides is 3. The third-order valence-electron chi connectivity index (χ3n) is 5.91. The van der Waals surface area contributed by atoms with E-state index in [1.807, 2.05) is 0 Å². The molecule has 1 unspecified atom stereocenters. The maximum atomic E-state index is 13.6. The van der Waals surface area contributed by atoms with Crippen LogP contribution in [0.3, 0.4) is 0 Å².